The lowest BCUT2D eigenvalue weighted by Gasteiger charge is -2.15. The molecule has 1 aromatic carbocycles. The van der Waals surface area contributed by atoms with Gasteiger partial charge in [0.25, 0.3) is 5.91 Å². The van der Waals surface area contributed by atoms with Crippen LogP contribution in [-0.4, -0.2) is 39.4 Å². The summed E-state index contributed by atoms with van der Waals surface area (Å²) < 4.78 is 35.8. The zero-order valence-electron chi connectivity index (χ0n) is 10.7. The van der Waals surface area contributed by atoms with Crippen LogP contribution in [0.2, 0.25) is 0 Å². The highest BCUT2D eigenvalue weighted by Gasteiger charge is 2.16. The Morgan fingerprint density at radius 3 is 2.58 bits per heavy atom. The number of hydrogen-bond donors (Lipinski definition) is 2. The van der Waals surface area contributed by atoms with E-state index in [0.29, 0.717) is 6.61 Å². The van der Waals surface area contributed by atoms with Crippen molar-refractivity contribution in [2.45, 2.75) is 6.10 Å². The maximum Gasteiger partial charge on any atom is 0.253 e. The predicted molar refractivity (Wildman–Crippen MR) is 65.8 cm³/mol. The molecule has 0 heterocycles. The number of benzene rings is 1. The topological polar surface area (TPSA) is 73.6 Å². The number of nitrogen functional groups attached to an aromatic ring is 1. The summed E-state index contributed by atoms with van der Waals surface area (Å²) in [5, 5.41) is 2.51. The molecule has 0 saturated heterocycles. The standard InChI is InChI=1S/C12H16F2N2O3/c1-18-6-7(19-2)5-16-12(17)8-3-9(13)10(14)4-11(8)15/h3-4,7H,5-6,15H2,1-2H3,(H,16,17). The summed E-state index contributed by atoms with van der Waals surface area (Å²) in [7, 11) is 2.98. The normalized spacial score (nSPS) is 12.2. The number of rotatable bonds is 6. The molecule has 0 saturated carbocycles. The van der Waals surface area contributed by atoms with Gasteiger partial charge in [0.05, 0.1) is 18.3 Å². The van der Waals surface area contributed by atoms with Crippen molar-refractivity contribution >= 4 is 11.6 Å². The molecule has 1 aromatic rings. The van der Waals surface area contributed by atoms with Crippen LogP contribution in [0, 0.1) is 11.6 Å². The SMILES string of the molecule is COCC(CNC(=O)c1cc(F)c(F)cc1N)OC. The van der Waals surface area contributed by atoms with Gasteiger partial charge in [-0.15, -0.1) is 0 Å². The van der Waals surface area contributed by atoms with Gasteiger partial charge >= 0.3 is 0 Å². The van der Waals surface area contributed by atoms with Gasteiger partial charge in [-0.25, -0.2) is 8.78 Å². The van der Waals surface area contributed by atoms with Gasteiger partial charge in [-0.2, -0.15) is 0 Å². The van der Waals surface area contributed by atoms with Crippen molar-refractivity contribution in [2.24, 2.45) is 0 Å². The van der Waals surface area contributed by atoms with Crippen molar-refractivity contribution in [3.63, 3.8) is 0 Å². The fraction of sp³-hybridized carbons (Fsp3) is 0.417. The van der Waals surface area contributed by atoms with E-state index in [1.807, 2.05) is 0 Å². The summed E-state index contributed by atoms with van der Waals surface area (Å²) in [6.07, 6.45) is -0.333. The molecule has 5 nitrogen and oxygen atoms in total. The fourth-order valence-corrected chi connectivity index (χ4v) is 1.46. The van der Waals surface area contributed by atoms with Crippen LogP contribution in [0.3, 0.4) is 0 Å². The maximum atomic E-state index is 13.1. The lowest BCUT2D eigenvalue weighted by molar-refractivity contribution is 0.0285. The lowest BCUT2D eigenvalue weighted by atomic mass is 10.1. The number of anilines is 1. The molecular weight excluding hydrogens is 258 g/mol. The summed E-state index contributed by atoms with van der Waals surface area (Å²) in [6.45, 7) is 0.464. The number of carbonyl (C=O) groups excluding carboxylic acids is 1. The molecule has 7 heteroatoms. The van der Waals surface area contributed by atoms with E-state index in [1.54, 1.807) is 0 Å². The van der Waals surface area contributed by atoms with E-state index in [0.717, 1.165) is 12.1 Å². The highest BCUT2D eigenvalue weighted by molar-refractivity contribution is 5.99. The van der Waals surface area contributed by atoms with Crippen LogP contribution in [-0.2, 0) is 9.47 Å². The van der Waals surface area contributed by atoms with Gasteiger partial charge in [-0.1, -0.05) is 0 Å². The molecule has 106 valence electrons. The average Bonchev–Trinajstić information content (AvgIpc) is 2.38. The van der Waals surface area contributed by atoms with Crippen LogP contribution in [0.15, 0.2) is 12.1 Å². The highest BCUT2D eigenvalue weighted by Crippen LogP contribution is 2.16. The molecular formula is C12H16F2N2O3. The molecule has 0 aliphatic heterocycles. The quantitative estimate of drug-likeness (QED) is 0.757. The number of hydrogen-bond acceptors (Lipinski definition) is 4. The van der Waals surface area contributed by atoms with Gasteiger partial charge in [-0.05, 0) is 6.07 Å². The molecule has 1 unspecified atom stereocenters. The fourth-order valence-electron chi connectivity index (χ4n) is 1.46. The third kappa shape index (κ3) is 4.15. The van der Waals surface area contributed by atoms with E-state index in [4.69, 9.17) is 15.2 Å². The highest BCUT2D eigenvalue weighted by atomic mass is 19.2. The van der Waals surface area contributed by atoms with Crippen LogP contribution in [0.25, 0.3) is 0 Å². The van der Waals surface area contributed by atoms with Gasteiger partial charge < -0.3 is 20.5 Å². The van der Waals surface area contributed by atoms with Gasteiger partial charge in [0.2, 0.25) is 0 Å². The van der Waals surface area contributed by atoms with Crippen LogP contribution < -0.4 is 11.1 Å². The molecule has 1 atom stereocenters. The van der Waals surface area contributed by atoms with E-state index >= 15 is 0 Å². The van der Waals surface area contributed by atoms with Gasteiger partial charge in [-0.3, -0.25) is 4.79 Å². The minimum atomic E-state index is -1.13. The number of nitrogens with one attached hydrogen (secondary N) is 1. The van der Waals surface area contributed by atoms with Crippen molar-refractivity contribution in [3.8, 4) is 0 Å². The maximum absolute atomic E-state index is 13.1. The summed E-state index contributed by atoms with van der Waals surface area (Å²) in [5.41, 5.74) is 5.22. The van der Waals surface area contributed by atoms with Crippen molar-refractivity contribution < 1.29 is 23.0 Å². The minimum Gasteiger partial charge on any atom is -0.398 e. The Morgan fingerprint density at radius 1 is 1.37 bits per heavy atom. The molecule has 3 N–H and O–H groups in total. The Morgan fingerprint density at radius 2 is 2.00 bits per heavy atom. The number of methoxy groups -OCH3 is 2. The first-order chi connectivity index (χ1) is 8.99. The number of halogens is 2. The van der Waals surface area contributed by atoms with Crippen LogP contribution in [0.1, 0.15) is 10.4 Å². The summed E-state index contributed by atoms with van der Waals surface area (Å²) in [4.78, 5) is 11.8. The lowest BCUT2D eigenvalue weighted by Crippen LogP contribution is -2.36. The molecule has 1 amide bonds. The zero-order valence-corrected chi connectivity index (χ0v) is 10.7. The molecule has 1 rings (SSSR count). The zero-order chi connectivity index (χ0) is 14.4. The summed E-state index contributed by atoms with van der Waals surface area (Å²) in [6, 6.07) is 1.53. The van der Waals surface area contributed by atoms with E-state index < -0.39 is 17.5 Å². The molecule has 0 aliphatic carbocycles. The second-order valence-electron chi connectivity index (χ2n) is 3.88. The third-order valence-electron chi connectivity index (χ3n) is 2.51. The van der Waals surface area contributed by atoms with Gasteiger partial charge in [0, 0.05) is 32.5 Å². The second kappa shape index (κ2) is 7.01. The number of ether oxygens (including phenoxy) is 2. The largest absolute Gasteiger partial charge is 0.398 e. The number of carbonyl (C=O) groups is 1. The van der Waals surface area contributed by atoms with E-state index in [1.165, 1.54) is 14.2 Å². The number of nitrogens with two attached hydrogens (primary N) is 1. The Balaban J connectivity index is 2.70. The smallest absolute Gasteiger partial charge is 0.253 e. The molecule has 0 bridgehead atoms. The first-order valence-corrected chi connectivity index (χ1v) is 5.54. The summed E-state index contributed by atoms with van der Waals surface area (Å²) in [5.74, 6) is -2.82. The van der Waals surface area contributed by atoms with Gasteiger partial charge in [0.1, 0.15) is 0 Å². The van der Waals surface area contributed by atoms with E-state index in [2.05, 4.69) is 5.32 Å². The van der Waals surface area contributed by atoms with Crippen molar-refractivity contribution in [1.82, 2.24) is 5.32 Å². The number of amides is 1. The molecule has 0 aromatic heterocycles. The van der Waals surface area contributed by atoms with Crippen LogP contribution >= 0.6 is 0 Å². The van der Waals surface area contributed by atoms with Crippen molar-refractivity contribution in [3.05, 3.63) is 29.3 Å². The average molecular weight is 274 g/mol. The predicted octanol–water partition coefficient (Wildman–Crippen LogP) is 0.938. The van der Waals surface area contributed by atoms with E-state index in [-0.39, 0.29) is 23.9 Å². The first kappa shape index (κ1) is 15.3. The van der Waals surface area contributed by atoms with E-state index in [9.17, 15) is 13.6 Å². The molecule has 0 spiro atoms. The van der Waals surface area contributed by atoms with Crippen LogP contribution in [0.4, 0.5) is 14.5 Å². The van der Waals surface area contributed by atoms with Gasteiger partial charge in [0.15, 0.2) is 11.6 Å². The Hall–Kier alpha value is -1.73. The van der Waals surface area contributed by atoms with Crippen molar-refractivity contribution in [2.75, 3.05) is 33.1 Å². The van der Waals surface area contributed by atoms with Crippen molar-refractivity contribution in [1.29, 1.82) is 0 Å². The monoisotopic (exact) mass is 274 g/mol. The molecule has 19 heavy (non-hydrogen) atoms. The summed E-state index contributed by atoms with van der Waals surface area (Å²) >= 11 is 0. The second-order valence-corrected chi connectivity index (χ2v) is 3.88. The Kier molecular flexibility index (Phi) is 5.65. The molecule has 0 aliphatic rings. The Bertz CT molecular complexity index is 455. The Labute approximate surface area is 109 Å². The molecule has 0 fully saturated rings. The van der Waals surface area contributed by atoms with Crippen LogP contribution in [0.5, 0.6) is 0 Å². The third-order valence-corrected chi connectivity index (χ3v) is 2.51. The molecule has 0 radical (unpaired) electrons. The minimum absolute atomic E-state index is 0.119. The first-order valence-electron chi connectivity index (χ1n) is 5.54.